The summed E-state index contributed by atoms with van der Waals surface area (Å²) in [6, 6.07) is 11.2. The third-order valence-electron chi connectivity index (χ3n) is 3.63. The van der Waals surface area contributed by atoms with E-state index in [0.29, 0.717) is 17.0 Å². The Kier molecular flexibility index (Phi) is 6.12. The predicted octanol–water partition coefficient (Wildman–Crippen LogP) is 2.20. The van der Waals surface area contributed by atoms with Gasteiger partial charge in [-0.3, -0.25) is 9.59 Å². The van der Waals surface area contributed by atoms with Crippen LogP contribution in [-0.4, -0.2) is 33.3 Å². The topological polar surface area (TPSA) is 102 Å². The van der Waals surface area contributed by atoms with E-state index in [9.17, 15) is 18.0 Å². The van der Waals surface area contributed by atoms with Gasteiger partial charge in [0.1, 0.15) is 5.75 Å². The lowest BCUT2D eigenvalue weighted by atomic mass is 10.1. The van der Waals surface area contributed by atoms with Gasteiger partial charge >= 0.3 is 0 Å². The summed E-state index contributed by atoms with van der Waals surface area (Å²) in [7, 11) is -2.38. The van der Waals surface area contributed by atoms with Gasteiger partial charge in [-0.25, -0.2) is 8.42 Å². The van der Waals surface area contributed by atoms with Crippen molar-refractivity contribution in [1.29, 1.82) is 0 Å². The number of nitrogens with one attached hydrogen (secondary N) is 2. The Bertz CT molecular complexity index is 907. The summed E-state index contributed by atoms with van der Waals surface area (Å²) in [4.78, 5) is 23.7. The molecule has 2 aromatic carbocycles. The maximum absolute atomic E-state index is 12.4. The number of rotatable bonds is 7. The van der Waals surface area contributed by atoms with Crippen molar-refractivity contribution in [3.05, 3.63) is 54.1 Å². The van der Waals surface area contributed by atoms with Crippen molar-refractivity contribution in [3.63, 3.8) is 0 Å². The monoisotopic (exact) mass is 376 g/mol. The van der Waals surface area contributed by atoms with Crippen molar-refractivity contribution in [3.8, 4) is 5.75 Å². The number of ether oxygens (including phenoxy) is 1. The fourth-order valence-electron chi connectivity index (χ4n) is 2.18. The van der Waals surface area contributed by atoms with E-state index in [-0.39, 0.29) is 10.7 Å². The Morgan fingerprint density at radius 1 is 1.08 bits per heavy atom. The van der Waals surface area contributed by atoms with Crippen LogP contribution in [0, 0.1) is 0 Å². The van der Waals surface area contributed by atoms with Gasteiger partial charge in [0.15, 0.2) is 5.78 Å². The van der Waals surface area contributed by atoms with Crippen molar-refractivity contribution < 1.29 is 22.7 Å². The molecule has 0 unspecified atom stereocenters. The molecule has 0 radical (unpaired) electrons. The number of carbonyl (C=O) groups is 2. The van der Waals surface area contributed by atoms with Crippen LogP contribution in [0.25, 0.3) is 0 Å². The van der Waals surface area contributed by atoms with Gasteiger partial charge in [0.2, 0.25) is 15.9 Å². The highest BCUT2D eigenvalue weighted by Crippen LogP contribution is 2.16. The number of hydrogen-bond donors (Lipinski definition) is 2. The predicted molar refractivity (Wildman–Crippen MR) is 97.9 cm³/mol. The Labute approximate surface area is 152 Å². The quantitative estimate of drug-likeness (QED) is 0.722. The molecule has 8 heteroatoms. The molecule has 0 aliphatic carbocycles. The van der Waals surface area contributed by atoms with Crippen molar-refractivity contribution in [2.75, 3.05) is 12.4 Å². The highest BCUT2D eigenvalue weighted by atomic mass is 32.2. The number of amides is 1. The molecular formula is C18H20N2O5S. The maximum Gasteiger partial charge on any atom is 0.242 e. The third kappa shape index (κ3) is 4.90. The molecule has 2 rings (SSSR count). The third-order valence-corrected chi connectivity index (χ3v) is 5.19. The van der Waals surface area contributed by atoms with E-state index in [1.165, 1.54) is 51.3 Å². The number of sulfonamides is 1. The summed E-state index contributed by atoms with van der Waals surface area (Å²) in [5.41, 5.74) is 0.868. The molecule has 1 amide bonds. The summed E-state index contributed by atoms with van der Waals surface area (Å²) in [5, 5.41) is 2.59. The van der Waals surface area contributed by atoms with Crippen molar-refractivity contribution in [1.82, 2.24) is 4.72 Å². The van der Waals surface area contributed by atoms with Crippen LogP contribution in [0.15, 0.2) is 53.4 Å². The lowest BCUT2D eigenvalue weighted by Crippen LogP contribution is -2.41. The van der Waals surface area contributed by atoms with Gasteiger partial charge in [-0.2, -0.15) is 4.72 Å². The van der Waals surface area contributed by atoms with Crippen LogP contribution < -0.4 is 14.8 Å². The zero-order valence-corrected chi connectivity index (χ0v) is 15.5. The van der Waals surface area contributed by atoms with E-state index in [1.807, 2.05) is 0 Å². The number of anilines is 1. The standard InChI is InChI=1S/C18H20N2O5S/c1-12(18(22)19-15-6-4-5-14(11-15)13(2)21)20-26(23,24)17-9-7-16(25-3)8-10-17/h4-12,20H,1-3H3,(H,19,22)/t12-/m1/s1. The number of benzene rings is 2. The second kappa shape index (κ2) is 8.11. The molecule has 1 atom stereocenters. The Morgan fingerprint density at radius 3 is 2.31 bits per heavy atom. The zero-order chi connectivity index (χ0) is 19.3. The summed E-state index contributed by atoms with van der Waals surface area (Å²) < 4.78 is 32.0. The van der Waals surface area contributed by atoms with E-state index in [4.69, 9.17) is 4.74 Å². The molecular weight excluding hydrogens is 356 g/mol. The molecule has 138 valence electrons. The molecule has 0 bridgehead atoms. The number of ketones is 1. The molecule has 0 aliphatic rings. The first-order valence-electron chi connectivity index (χ1n) is 7.81. The maximum atomic E-state index is 12.4. The fraction of sp³-hybridized carbons (Fsp3) is 0.222. The van der Waals surface area contributed by atoms with E-state index in [1.54, 1.807) is 18.2 Å². The van der Waals surface area contributed by atoms with Gasteiger partial charge < -0.3 is 10.1 Å². The highest BCUT2D eigenvalue weighted by Gasteiger charge is 2.22. The minimum Gasteiger partial charge on any atom is -0.497 e. The van der Waals surface area contributed by atoms with E-state index in [0.717, 1.165) is 0 Å². The van der Waals surface area contributed by atoms with Gasteiger partial charge in [-0.15, -0.1) is 0 Å². The molecule has 0 spiro atoms. The largest absolute Gasteiger partial charge is 0.497 e. The minimum absolute atomic E-state index is 0.0246. The smallest absolute Gasteiger partial charge is 0.242 e. The molecule has 0 fully saturated rings. The van der Waals surface area contributed by atoms with Crippen LogP contribution in [0.2, 0.25) is 0 Å². The Hall–Kier alpha value is -2.71. The molecule has 0 saturated heterocycles. The van der Waals surface area contributed by atoms with Crippen LogP contribution in [0.5, 0.6) is 5.75 Å². The average Bonchev–Trinajstić information content (AvgIpc) is 2.61. The van der Waals surface area contributed by atoms with Crippen LogP contribution in [0.4, 0.5) is 5.69 Å². The molecule has 0 heterocycles. The number of carbonyl (C=O) groups excluding carboxylic acids is 2. The fourth-order valence-corrected chi connectivity index (χ4v) is 3.38. The molecule has 7 nitrogen and oxygen atoms in total. The number of hydrogen-bond acceptors (Lipinski definition) is 5. The van der Waals surface area contributed by atoms with E-state index < -0.39 is 22.0 Å². The highest BCUT2D eigenvalue weighted by molar-refractivity contribution is 7.89. The lowest BCUT2D eigenvalue weighted by molar-refractivity contribution is -0.117. The van der Waals surface area contributed by atoms with Gasteiger partial charge in [-0.1, -0.05) is 12.1 Å². The van der Waals surface area contributed by atoms with E-state index >= 15 is 0 Å². The first-order chi connectivity index (χ1) is 12.2. The Balaban J connectivity index is 2.07. The summed E-state index contributed by atoms with van der Waals surface area (Å²) in [5.74, 6) is -0.141. The molecule has 0 saturated carbocycles. The first-order valence-corrected chi connectivity index (χ1v) is 9.29. The SMILES string of the molecule is COc1ccc(S(=O)(=O)N[C@H](C)C(=O)Nc2cccc(C(C)=O)c2)cc1. The van der Waals surface area contributed by atoms with Crippen molar-refractivity contribution in [2.45, 2.75) is 24.8 Å². The number of methoxy groups -OCH3 is 1. The summed E-state index contributed by atoms with van der Waals surface area (Å²) in [6.45, 7) is 2.86. The molecule has 26 heavy (non-hydrogen) atoms. The number of Topliss-reactive ketones (excluding diaryl/α,β-unsaturated/α-hetero) is 1. The van der Waals surface area contributed by atoms with Crippen LogP contribution in [-0.2, 0) is 14.8 Å². The van der Waals surface area contributed by atoms with Crippen LogP contribution >= 0.6 is 0 Å². The first kappa shape index (κ1) is 19.6. The molecule has 0 aliphatic heterocycles. The van der Waals surface area contributed by atoms with Crippen LogP contribution in [0.1, 0.15) is 24.2 Å². The van der Waals surface area contributed by atoms with Crippen molar-refractivity contribution in [2.24, 2.45) is 0 Å². The average molecular weight is 376 g/mol. The second-order valence-electron chi connectivity index (χ2n) is 5.64. The van der Waals surface area contributed by atoms with Gasteiger partial charge in [-0.05, 0) is 50.2 Å². The van der Waals surface area contributed by atoms with E-state index in [2.05, 4.69) is 10.0 Å². The minimum atomic E-state index is -3.86. The van der Waals surface area contributed by atoms with Crippen molar-refractivity contribution >= 4 is 27.4 Å². The zero-order valence-electron chi connectivity index (χ0n) is 14.6. The van der Waals surface area contributed by atoms with Gasteiger partial charge in [0.05, 0.1) is 18.0 Å². The Morgan fingerprint density at radius 2 is 1.73 bits per heavy atom. The second-order valence-corrected chi connectivity index (χ2v) is 7.36. The molecule has 2 N–H and O–H groups in total. The lowest BCUT2D eigenvalue weighted by Gasteiger charge is -2.15. The van der Waals surface area contributed by atoms with Gasteiger partial charge in [0.25, 0.3) is 0 Å². The molecule has 2 aromatic rings. The normalized spacial score (nSPS) is 12.3. The summed E-state index contributed by atoms with van der Waals surface area (Å²) in [6.07, 6.45) is 0. The van der Waals surface area contributed by atoms with Gasteiger partial charge in [0, 0.05) is 11.3 Å². The molecule has 0 aromatic heterocycles. The summed E-state index contributed by atoms with van der Waals surface area (Å²) >= 11 is 0. The van der Waals surface area contributed by atoms with Crippen LogP contribution in [0.3, 0.4) is 0 Å².